The van der Waals surface area contributed by atoms with Crippen LogP contribution in [0.15, 0.2) is 0 Å². The van der Waals surface area contributed by atoms with Gasteiger partial charge in [-0.05, 0) is 6.42 Å². The van der Waals surface area contributed by atoms with Crippen molar-refractivity contribution in [3.05, 3.63) is 0 Å². The minimum Gasteiger partial charge on any atom is -0.378 e. The Labute approximate surface area is 47.8 Å². The third-order valence-electron chi connectivity index (χ3n) is 0.679. The first-order valence-corrected chi connectivity index (χ1v) is 2.26. The van der Waals surface area contributed by atoms with Crippen LogP contribution in [-0.2, 0) is 0 Å². The van der Waals surface area contributed by atoms with E-state index in [0.717, 1.165) is 0 Å². The van der Waals surface area contributed by atoms with Gasteiger partial charge in [0.1, 0.15) is 6.10 Å². The van der Waals surface area contributed by atoms with Crippen LogP contribution in [0.5, 0.6) is 0 Å². The van der Waals surface area contributed by atoms with Crippen molar-refractivity contribution < 1.29 is 5.11 Å². The summed E-state index contributed by atoms with van der Waals surface area (Å²) in [4.78, 5) is 0. The van der Waals surface area contributed by atoms with Crippen LogP contribution in [0.2, 0.25) is 0 Å². The molecule has 0 aromatic heterocycles. The molecule has 3 heteroatoms. The van der Waals surface area contributed by atoms with Gasteiger partial charge in [0.25, 0.3) is 0 Å². The molecular weight excluding hydrogens is 104 g/mol. The molecule has 42 valence electrons. The van der Waals surface area contributed by atoms with Gasteiger partial charge in [0, 0.05) is 6.42 Å². The number of hydrogen-bond acceptors (Lipinski definition) is 3. The Kier molecular flexibility index (Phi) is 3.56. The summed E-state index contributed by atoms with van der Waals surface area (Å²) < 4.78 is 0. The molecule has 0 heterocycles. The highest BCUT2D eigenvalue weighted by Crippen LogP contribution is 1.91. The van der Waals surface area contributed by atoms with Crippen molar-refractivity contribution >= 4 is 0 Å². The molecule has 8 heavy (non-hydrogen) atoms. The number of nitrogens with zero attached hydrogens (tertiary/aromatic N) is 2. The minimum absolute atomic E-state index is 0.245. The number of aliphatic hydroxyl groups is 1. The summed E-state index contributed by atoms with van der Waals surface area (Å²) >= 11 is 0. The van der Waals surface area contributed by atoms with Crippen LogP contribution in [0.4, 0.5) is 0 Å². The van der Waals surface area contributed by atoms with Gasteiger partial charge in [-0.1, -0.05) is 0 Å². The van der Waals surface area contributed by atoms with Crippen LogP contribution < -0.4 is 0 Å². The van der Waals surface area contributed by atoms with E-state index in [4.69, 9.17) is 15.6 Å². The zero-order valence-corrected chi connectivity index (χ0v) is 4.33. The number of nitriles is 2. The van der Waals surface area contributed by atoms with Gasteiger partial charge in [0.05, 0.1) is 12.1 Å². The van der Waals surface area contributed by atoms with E-state index in [0.29, 0.717) is 0 Å². The largest absolute Gasteiger partial charge is 0.378 e. The molecule has 3 nitrogen and oxygen atoms in total. The normalized spacial score (nSPS) is 11.4. The van der Waals surface area contributed by atoms with E-state index < -0.39 is 6.10 Å². The second-order valence-electron chi connectivity index (χ2n) is 1.34. The van der Waals surface area contributed by atoms with Gasteiger partial charge in [-0.2, -0.15) is 10.5 Å². The smallest absolute Gasteiger partial charge is 0.141 e. The van der Waals surface area contributed by atoms with Crippen LogP contribution in [-0.4, -0.2) is 11.2 Å². The van der Waals surface area contributed by atoms with E-state index in [1.807, 2.05) is 6.07 Å². The van der Waals surface area contributed by atoms with Crippen molar-refractivity contribution in [2.75, 3.05) is 0 Å². The molecule has 0 radical (unpaired) electrons. The fourth-order valence-corrected chi connectivity index (χ4v) is 0.266. The zero-order valence-electron chi connectivity index (χ0n) is 4.33. The lowest BCUT2D eigenvalue weighted by molar-refractivity contribution is 0.221. The molecule has 1 atom stereocenters. The Bertz CT molecular complexity index is 130. The maximum absolute atomic E-state index is 8.48. The predicted octanol–water partition coefficient (Wildman–Crippen LogP) is 0.175. The SMILES string of the molecule is N#CCC[C@@H](O)C#N. The topological polar surface area (TPSA) is 67.8 Å². The lowest BCUT2D eigenvalue weighted by Gasteiger charge is -1.91. The number of aliphatic hydroxyl groups excluding tert-OH is 1. The molecule has 0 amide bonds. The Balaban J connectivity index is 3.18. The van der Waals surface area contributed by atoms with E-state index >= 15 is 0 Å². The quantitative estimate of drug-likeness (QED) is 0.515. The number of rotatable bonds is 2. The second-order valence-corrected chi connectivity index (χ2v) is 1.34. The minimum atomic E-state index is -0.963. The zero-order chi connectivity index (χ0) is 6.41. The number of hydrogen-bond donors (Lipinski definition) is 1. The molecule has 0 saturated heterocycles. The van der Waals surface area contributed by atoms with Crippen molar-refractivity contribution in [3.63, 3.8) is 0 Å². The van der Waals surface area contributed by atoms with Crippen LogP contribution >= 0.6 is 0 Å². The molecule has 0 aliphatic rings. The average Bonchev–Trinajstić information content (AvgIpc) is 1.83. The molecule has 0 aliphatic carbocycles. The van der Waals surface area contributed by atoms with E-state index in [1.165, 1.54) is 0 Å². The molecule has 0 aliphatic heterocycles. The molecule has 0 fully saturated rings. The maximum Gasteiger partial charge on any atom is 0.141 e. The van der Waals surface area contributed by atoms with Crippen LogP contribution in [0.25, 0.3) is 0 Å². The molecular formula is C5H6N2O. The highest BCUT2D eigenvalue weighted by Gasteiger charge is 1.97. The standard InChI is InChI=1S/C5H6N2O/c6-3-1-2-5(8)4-7/h5,8H,1-2H2/t5-/m1/s1. The molecule has 0 saturated carbocycles. The maximum atomic E-state index is 8.48. The van der Waals surface area contributed by atoms with Gasteiger partial charge < -0.3 is 5.11 Å². The third-order valence-corrected chi connectivity index (χ3v) is 0.679. The Morgan fingerprint density at radius 2 is 2.12 bits per heavy atom. The van der Waals surface area contributed by atoms with Crippen molar-refractivity contribution in [2.24, 2.45) is 0 Å². The van der Waals surface area contributed by atoms with Crippen LogP contribution in [0.3, 0.4) is 0 Å². The molecule has 0 aromatic carbocycles. The van der Waals surface area contributed by atoms with Crippen LogP contribution in [0.1, 0.15) is 12.8 Å². The molecule has 0 bridgehead atoms. The summed E-state index contributed by atoms with van der Waals surface area (Å²) in [7, 11) is 0. The van der Waals surface area contributed by atoms with Crippen molar-refractivity contribution in [2.45, 2.75) is 18.9 Å². The molecule has 1 N–H and O–H groups in total. The fourth-order valence-electron chi connectivity index (χ4n) is 0.266. The lowest BCUT2D eigenvalue weighted by atomic mass is 10.2. The molecule has 0 spiro atoms. The highest BCUT2D eigenvalue weighted by atomic mass is 16.3. The van der Waals surface area contributed by atoms with Gasteiger partial charge in [0.15, 0.2) is 0 Å². The van der Waals surface area contributed by atoms with Crippen molar-refractivity contribution in [1.29, 1.82) is 10.5 Å². The average molecular weight is 110 g/mol. The summed E-state index contributed by atoms with van der Waals surface area (Å²) in [6.07, 6.45) is -0.462. The Morgan fingerprint density at radius 3 is 2.50 bits per heavy atom. The van der Waals surface area contributed by atoms with E-state index in [2.05, 4.69) is 0 Å². The van der Waals surface area contributed by atoms with Crippen molar-refractivity contribution in [1.82, 2.24) is 0 Å². The predicted molar refractivity (Wildman–Crippen MR) is 26.5 cm³/mol. The summed E-state index contributed by atoms with van der Waals surface area (Å²) in [5, 5.41) is 24.4. The van der Waals surface area contributed by atoms with Gasteiger partial charge >= 0.3 is 0 Å². The summed E-state index contributed by atoms with van der Waals surface area (Å²) in [6, 6.07) is 3.43. The van der Waals surface area contributed by atoms with E-state index in [-0.39, 0.29) is 12.8 Å². The second kappa shape index (κ2) is 4.11. The van der Waals surface area contributed by atoms with Gasteiger partial charge in [0.2, 0.25) is 0 Å². The fraction of sp³-hybridized carbons (Fsp3) is 0.600. The first kappa shape index (κ1) is 6.94. The van der Waals surface area contributed by atoms with E-state index in [9.17, 15) is 0 Å². The lowest BCUT2D eigenvalue weighted by Crippen LogP contribution is -2.00. The summed E-state index contributed by atoms with van der Waals surface area (Å²) in [5.74, 6) is 0. The Morgan fingerprint density at radius 1 is 1.50 bits per heavy atom. The van der Waals surface area contributed by atoms with Gasteiger partial charge in [-0.15, -0.1) is 0 Å². The highest BCUT2D eigenvalue weighted by molar-refractivity contribution is 4.84. The molecule has 0 unspecified atom stereocenters. The Hall–Kier alpha value is -1.06. The molecule has 0 aromatic rings. The van der Waals surface area contributed by atoms with Crippen LogP contribution in [0, 0.1) is 22.7 Å². The first-order valence-electron chi connectivity index (χ1n) is 2.26. The monoisotopic (exact) mass is 110 g/mol. The first-order chi connectivity index (χ1) is 3.81. The third kappa shape index (κ3) is 3.14. The van der Waals surface area contributed by atoms with Gasteiger partial charge in [-0.25, -0.2) is 0 Å². The summed E-state index contributed by atoms with van der Waals surface area (Å²) in [5.41, 5.74) is 0. The van der Waals surface area contributed by atoms with Crippen molar-refractivity contribution in [3.8, 4) is 12.1 Å². The van der Waals surface area contributed by atoms with E-state index in [1.54, 1.807) is 6.07 Å². The molecule has 0 rings (SSSR count). The van der Waals surface area contributed by atoms with Gasteiger partial charge in [-0.3, -0.25) is 0 Å². The summed E-state index contributed by atoms with van der Waals surface area (Å²) in [6.45, 7) is 0.